The Morgan fingerprint density at radius 2 is 1.97 bits per heavy atom. The fourth-order valence-electron chi connectivity index (χ4n) is 5.01. The molecule has 3 atom stereocenters. The van der Waals surface area contributed by atoms with Gasteiger partial charge in [-0.2, -0.15) is 0 Å². The Labute approximate surface area is 222 Å². The number of fused-ring (bicyclic) bond motifs is 1. The zero-order valence-electron chi connectivity index (χ0n) is 21.3. The van der Waals surface area contributed by atoms with Gasteiger partial charge in [0.2, 0.25) is 5.91 Å². The van der Waals surface area contributed by atoms with Gasteiger partial charge >= 0.3 is 0 Å². The second kappa shape index (κ2) is 11.2. The Morgan fingerprint density at radius 3 is 2.67 bits per heavy atom. The van der Waals surface area contributed by atoms with E-state index in [4.69, 9.17) is 9.84 Å². The number of carbonyl (C=O) groups is 2. The van der Waals surface area contributed by atoms with Gasteiger partial charge in [-0.15, -0.1) is 0 Å². The predicted molar refractivity (Wildman–Crippen MR) is 136 cm³/mol. The molecule has 2 fully saturated rings. The van der Waals surface area contributed by atoms with Gasteiger partial charge in [0.15, 0.2) is 0 Å². The molecule has 1 aromatic carbocycles. The Bertz CT molecular complexity index is 1380. The average Bonchev–Trinajstić information content (AvgIpc) is 3.68. The number of carbonyl (C=O) groups excluding carboxylic acids is 2. The number of ether oxygens (including phenoxy) is 1. The molecule has 208 valence electrons. The van der Waals surface area contributed by atoms with Crippen LogP contribution in [0.25, 0.3) is 22.3 Å². The number of halogens is 3. The predicted octanol–water partition coefficient (Wildman–Crippen LogP) is 3.76. The molecule has 3 aromatic rings. The highest BCUT2D eigenvalue weighted by Crippen LogP contribution is 2.38. The molecule has 39 heavy (non-hydrogen) atoms. The van der Waals surface area contributed by atoms with Crippen LogP contribution in [0.5, 0.6) is 5.75 Å². The van der Waals surface area contributed by atoms with E-state index in [1.54, 1.807) is 6.92 Å². The zero-order valence-corrected chi connectivity index (χ0v) is 21.3. The second-order valence-corrected chi connectivity index (χ2v) is 10.2. The van der Waals surface area contributed by atoms with Crippen LogP contribution in [0, 0.1) is 12.8 Å². The number of aliphatic hydroxyl groups excluding tert-OH is 1. The SMILES string of the molecule is Cc1[nH]c2c(-c3cc(C(F)F)ccc3OCC3CC3)ncnc2c1C(=O)N[C@@H]1CC[C@@H](NC(=O)CO)[C@H](F)C1. The smallest absolute Gasteiger partial charge is 0.263 e. The van der Waals surface area contributed by atoms with Gasteiger partial charge in [-0.05, 0) is 56.7 Å². The standard InChI is InChI=1S/C27H30F3N5O4/c1-13-22(27(38)34-16-5-6-19(18(28)9-16)35-21(37)10-36)24-25(33-13)23(31-12-32-24)17-8-15(26(29)30)4-7-20(17)39-11-14-2-3-14/h4,7-8,12,14,16,18-19,26,33,36H,2-3,5-6,9-11H2,1H3,(H,34,38)(H,35,37)/t16-,18-,19-/m1/s1. The third kappa shape index (κ3) is 5.85. The lowest BCUT2D eigenvalue weighted by molar-refractivity contribution is -0.125. The van der Waals surface area contributed by atoms with Crippen molar-refractivity contribution in [1.82, 2.24) is 25.6 Å². The van der Waals surface area contributed by atoms with E-state index in [9.17, 15) is 22.8 Å². The molecular formula is C27H30F3N5O4. The van der Waals surface area contributed by atoms with Crippen molar-refractivity contribution < 1.29 is 32.6 Å². The molecule has 5 rings (SSSR count). The molecule has 2 aliphatic rings. The highest BCUT2D eigenvalue weighted by atomic mass is 19.3. The Kier molecular flexibility index (Phi) is 7.74. The van der Waals surface area contributed by atoms with Crippen molar-refractivity contribution in [2.75, 3.05) is 13.2 Å². The second-order valence-electron chi connectivity index (χ2n) is 10.2. The van der Waals surface area contributed by atoms with Gasteiger partial charge < -0.3 is 25.5 Å². The van der Waals surface area contributed by atoms with Gasteiger partial charge in [-0.1, -0.05) is 0 Å². The Balaban J connectivity index is 1.41. The summed E-state index contributed by atoms with van der Waals surface area (Å²) < 4.78 is 47.8. The molecule has 0 aliphatic heterocycles. The molecule has 2 saturated carbocycles. The number of aromatic nitrogens is 3. The highest BCUT2D eigenvalue weighted by Gasteiger charge is 2.33. The van der Waals surface area contributed by atoms with Gasteiger partial charge in [0.1, 0.15) is 36.1 Å². The number of nitrogens with one attached hydrogen (secondary N) is 3. The first-order chi connectivity index (χ1) is 18.7. The maximum absolute atomic E-state index is 14.7. The van der Waals surface area contributed by atoms with Crippen LogP contribution in [0.2, 0.25) is 0 Å². The van der Waals surface area contributed by atoms with Crippen molar-refractivity contribution in [3.63, 3.8) is 0 Å². The quantitative estimate of drug-likeness (QED) is 0.324. The number of aliphatic hydroxyl groups is 1. The summed E-state index contributed by atoms with van der Waals surface area (Å²) in [5.74, 6) is -0.227. The summed E-state index contributed by atoms with van der Waals surface area (Å²) in [6.07, 6.45) is 0.0929. The molecule has 2 aliphatic carbocycles. The van der Waals surface area contributed by atoms with Crippen molar-refractivity contribution in [3.05, 3.63) is 41.3 Å². The summed E-state index contributed by atoms with van der Waals surface area (Å²) in [5.41, 5.74) is 1.99. The number of hydrogen-bond donors (Lipinski definition) is 4. The van der Waals surface area contributed by atoms with Crippen LogP contribution in [0.4, 0.5) is 13.2 Å². The molecular weight excluding hydrogens is 515 g/mol. The molecule has 2 amide bonds. The number of amides is 2. The number of aryl methyl sites for hydroxylation is 1. The summed E-state index contributed by atoms with van der Waals surface area (Å²) >= 11 is 0. The summed E-state index contributed by atoms with van der Waals surface area (Å²) in [7, 11) is 0. The normalized spacial score (nSPS) is 21.2. The largest absolute Gasteiger partial charge is 0.493 e. The molecule has 9 nitrogen and oxygen atoms in total. The van der Waals surface area contributed by atoms with E-state index in [2.05, 4.69) is 25.6 Å². The first kappa shape index (κ1) is 26.9. The zero-order chi connectivity index (χ0) is 27.7. The Morgan fingerprint density at radius 1 is 1.18 bits per heavy atom. The summed E-state index contributed by atoms with van der Waals surface area (Å²) in [6.45, 7) is 1.46. The summed E-state index contributed by atoms with van der Waals surface area (Å²) in [6, 6.07) is 3.01. The maximum atomic E-state index is 14.7. The third-order valence-corrected chi connectivity index (χ3v) is 7.28. The minimum absolute atomic E-state index is 0.00582. The van der Waals surface area contributed by atoms with E-state index < -0.39 is 43.1 Å². The van der Waals surface area contributed by atoms with Crippen molar-refractivity contribution in [2.24, 2.45) is 5.92 Å². The third-order valence-electron chi connectivity index (χ3n) is 7.28. The molecule has 0 bridgehead atoms. The number of H-pyrrole nitrogens is 1. The first-order valence-corrected chi connectivity index (χ1v) is 13.0. The van der Waals surface area contributed by atoms with Crippen LogP contribution in [-0.4, -0.2) is 63.3 Å². The minimum Gasteiger partial charge on any atom is -0.493 e. The van der Waals surface area contributed by atoms with E-state index in [0.29, 0.717) is 59.1 Å². The summed E-state index contributed by atoms with van der Waals surface area (Å²) in [5, 5.41) is 14.2. The van der Waals surface area contributed by atoms with Crippen molar-refractivity contribution in [1.29, 1.82) is 0 Å². The Hall–Kier alpha value is -3.67. The fraction of sp³-hybridized carbons (Fsp3) is 0.481. The average molecular weight is 546 g/mol. The lowest BCUT2D eigenvalue weighted by atomic mass is 9.89. The molecule has 0 spiro atoms. The van der Waals surface area contributed by atoms with Crippen LogP contribution >= 0.6 is 0 Å². The number of benzene rings is 1. The van der Waals surface area contributed by atoms with E-state index >= 15 is 0 Å². The monoisotopic (exact) mass is 545 g/mol. The van der Waals surface area contributed by atoms with Gasteiger partial charge in [0, 0.05) is 29.3 Å². The minimum atomic E-state index is -2.68. The van der Waals surface area contributed by atoms with Gasteiger partial charge in [-0.3, -0.25) is 9.59 Å². The fourth-order valence-corrected chi connectivity index (χ4v) is 5.01. The van der Waals surface area contributed by atoms with Crippen molar-refractivity contribution in [2.45, 2.75) is 63.7 Å². The van der Waals surface area contributed by atoms with E-state index in [1.807, 2.05) is 0 Å². The topological polar surface area (TPSA) is 129 Å². The highest BCUT2D eigenvalue weighted by molar-refractivity contribution is 6.09. The molecule has 0 saturated heterocycles. The number of nitrogens with zero attached hydrogens (tertiary/aromatic N) is 2. The van der Waals surface area contributed by atoms with E-state index in [0.717, 1.165) is 12.8 Å². The first-order valence-electron chi connectivity index (χ1n) is 13.0. The lowest BCUT2D eigenvalue weighted by Crippen LogP contribution is -2.50. The molecule has 4 N–H and O–H groups in total. The van der Waals surface area contributed by atoms with Crippen molar-refractivity contribution >= 4 is 22.8 Å². The number of hydrogen-bond acceptors (Lipinski definition) is 6. The van der Waals surface area contributed by atoms with Gasteiger partial charge in [0.05, 0.1) is 23.7 Å². The number of alkyl halides is 3. The molecule has 2 aromatic heterocycles. The number of rotatable bonds is 9. The van der Waals surface area contributed by atoms with Crippen LogP contribution in [0.3, 0.4) is 0 Å². The van der Waals surface area contributed by atoms with E-state index in [1.165, 1.54) is 24.5 Å². The van der Waals surface area contributed by atoms with Crippen molar-refractivity contribution in [3.8, 4) is 17.0 Å². The van der Waals surface area contributed by atoms with Crippen LogP contribution < -0.4 is 15.4 Å². The van der Waals surface area contributed by atoms with Crippen LogP contribution in [-0.2, 0) is 4.79 Å². The van der Waals surface area contributed by atoms with Gasteiger partial charge in [0.25, 0.3) is 12.3 Å². The van der Waals surface area contributed by atoms with Crippen LogP contribution in [0.15, 0.2) is 24.5 Å². The molecule has 2 heterocycles. The number of aromatic amines is 1. The summed E-state index contributed by atoms with van der Waals surface area (Å²) in [4.78, 5) is 36.5. The van der Waals surface area contributed by atoms with Gasteiger partial charge in [-0.25, -0.2) is 23.1 Å². The molecule has 12 heteroatoms. The van der Waals surface area contributed by atoms with E-state index in [-0.39, 0.29) is 17.5 Å². The maximum Gasteiger partial charge on any atom is 0.263 e. The van der Waals surface area contributed by atoms with Crippen LogP contribution in [0.1, 0.15) is 60.1 Å². The molecule has 0 unspecified atom stereocenters. The molecule has 0 radical (unpaired) electrons. The lowest BCUT2D eigenvalue weighted by Gasteiger charge is -2.32.